The number of rotatable bonds is 3. The first-order valence-electron chi connectivity index (χ1n) is 5.28. The molecule has 17 heavy (non-hydrogen) atoms. The first kappa shape index (κ1) is 12.7. The number of benzene rings is 1. The van der Waals surface area contributed by atoms with Crippen LogP contribution in [-0.2, 0) is 0 Å². The minimum Gasteiger partial charge on any atom is -0.309 e. The molecule has 0 radical (unpaired) electrons. The van der Waals surface area contributed by atoms with Crippen LogP contribution < -0.4 is 5.32 Å². The molecule has 1 aromatic carbocycles. The molecule has 0 aliphatic heterocycles. The van der Waals surface area contributed by atoms with E-state index in [1.807, 2.05) is 20.0 Å². The van der Waals surface area contributed by atoms with E-state index >= 15 is 0 Å². The van der Waals surface area contributed by atoms with E-state index in [0.29, 0.717) is 0 Å². The second-order valence-corrected chi connectivity index (χ2v) is 5.50. The summed E-state index contributed by atoms with van der Waals surface area (Å²) in [6, 6.07) is 5.01. The van der Waals surface area contributed by atoms with E-state index < -0.39 is 0 Å². The van der Waals surface area contributed by atoms with Gasteiger partial charge in [-0.2, -0.15) is 11.3 Å². The van der Waals surface area contributed by atoms with Crippen molar-refractivity contribution in [3.8, 4) is 0 Å². The van der Waals surface area contributed by atoms with E-state index in [1.165, 1.54) is 11.6 Å². The smallest absolute Gasteiger partial charge is 0.123 e. The summed E-state index contributed by atoms with van der Waals surface area (Å²) < 4.78 is 14.2. The van der Waals surface area contributed by atoms with Crippen molar-refractivity contribution >= 4 is 27.3 Å². The van der Waals surface area contributed by atoms with Crippen molar-refractivity contribution in [2.24, 2.45) is 0 Å². The molecule has 2 rings (SSSR count). The summed E-state index contributed by atoms with van der Waals surface area (Å²) in [5.41, 5.74) is 3.25. The van der Waals surface area contributed by atoms with Crippen LogP contribution in [0.15, 0.2) is 33.4 Å². The SMILES string of the molecule is CNC(c1ccc(F)cc1C)c1cscc1Br. The highest BCUT2D eigenvalue weighted by Gasteiger charge is 2.17. The van der Waals surface area contributed by atoms with Gasteiger partial charge in [-0.1, -0.05) is 6.07 Å². The Kier molecular flexibility index (Phi) is 3.97. The first-order valence-corrected chi connectivity index (χ1v) is 7.02. The molecule has 4 heteroatoms. The summed E-state index contributed by atoms with van der Waals surface area (Å²) >= 11 is 5.19. The second kappa shape index (κ2) is 5.29. The van der Waals surface area contributed by atoms with Crippen LogP contribution in [0.2, 0.25) is 0 Å². The predicted octanol–water partition coefficient (Wildman–Crippen LogP) is 4.27. The van der Waals surface area contributed by atoms with E-state index in [9.17, 15) is 4.39 Å². The van der Waals surface area contributed by atoms with Crippen molar-refractivity contribution in [3.63, 3.8) is 0 Å². The fourth-order valence-corrected chi connectivity index (χ4v) is 3.49. The van der Waals surface area contributed by atoms with Crippen LogP contribution in [0.5, 0.6) is 0 Å². The summed E-state index contributed by atoms with van der Waals surface area (Å²) in [5, 5.41) is 7.44. The van der Waals surface area contributed by atoms with Gasteiger partial charge in [0.1, 0.15) is 5.82 Å². The van der Waals surface area contributed by atoms with Crippen LogP contribution in [0, 0.1) is 12.7 Å². The van der Waals surface area contributed by atoms with Crippen LogP contribution in [0.3, 0.4) is 0 Å². The number of aryl methyl sites for hydroxylation is 1. The molecule has 1 unspecified atom stereocenters. The van der Waals surface area contributed by atoms with Crippen molar-refractivity contribution in [2.45, 2.75) is 13.0 Å². The Labute approximate surface area is 113 Å². The average molecular weight is 314 g/mol. The van der Waals surface area contributed by atoms with E-state index in [2.05, 4.69) is 32.0 Å². The third-order valence-corrected chi connectivity index (χ3v) is 4.54. The van der Waals surface area contributed by atoms with E-state index in [4.69, 9.17) is 0 Å². The van der Waals surface area contributed by atoms with E-state index in [1.54, 1.807) is 17.4 Å². The standard InChI is InChI=1S/C13H13BrFNS/c1-8-5-9(15)3-4-10(8)13(16-2)11-6-17-7-12(11)14/h3-7,13,16H,1-2H3. The van der Waals surface area contributed by atoms with Crippen LogP contribution in [0.1, 0.15) is 22.7 Å². The fourth-order valence-electron chi connectivity index (χ4n) is 1.94. The molecule has 0 aliphatic rings. The Hall–Kier alpha value is -0.710. The lowest BCUT2D eigenvalue weighted by Crippen LogP contribution is -2.18. The summed E-state index contributed by atoms with van der Waals surface area (Å²) in [7, 11) is 1.91. The van der Waals surface area contributed by atoms with Gasteiger partial charge in [0.05, 0.1) is 6.04 Å². The van der Waals surface area contributed by atoms with Gasteiger partial charge in [-0.3, -0.25) is 0 Å². The Morgan fingerprint density at radius 2 is 2.06 bits per heavy atom. The molecule has 0 saturated carbocycles. The number of hydrogen-bond donors (Lipinski definition) is 1. The van der Waals surface area contributed by atoms with Gasteiger partial charge in [-0.05, 0) is 64.1 Å². The zero-order valence-electron chi connectivity index (χ0n) is 9.63. The monoisotopic (exact) mass is 313 g/mol. The largest absolute Gasteiger partial charge is 0.309 e. The van der Waals surface area contributed by atoms with Crippen LogP contribution >= 0.6 is 27.3 Å². The van der Waals surface area contributed by atoms with Gasteiger partial charge in [0.15, 0.2) is 0 Å². The van der Waals surface area contributed by atoms with Gasteiger partial charge in [0, 0.05) is 9.85 Å². The third kappa shape index (κ3) is 2.59. The van der Waals surface area contributed by atoms with Crippen molar-refractivity contribution in [1.29, 1.82) is 0 Å². The first-order chi connectivity index (χ1) is 8.13. The molecule has 1 atom stereocenters. The summed E-state index contributed by atoms with van der Waals surface area (Å²) in [6.45, 7) is 1.93. The minimum atomic E-state index is -0.189. The average Bonchev–Trinajstić information content (AvgIpc) is 2.69. The number of thiophene rings is 1. The van der Waals surface area contributed by atoms with E-state index in [-0.39, 0.29) is 11.9 Å². The second-order valence-electron chi connectivity index (χ2n) is 3.90. The zero-order valence-corrected chi connectivity index (χ0v) is 12.0. The zero-order chi connectivity index (χ0) is 12.4. The molecule has 1 aromatic heterocycles. The highest BCUT2D eigenvalue weighted by Crippen LogP contribution is 2.32. The van der Waals surface area contributed by atoms with Crippen molar-refractivity contribution in [1.82, 2.24) is 5.32 Å². The fraction of sp³-hybridized carbons (Fsp3) is 0.231. The molecule has 1 nitrogen and oxygen atoms in total. The molecule has 1 N–H and O–H groups in total. The molecule has 0 amide bonds. The summed E-state index contributed by atoms with van der Waals surface area (Å²) in [4.78, 5) is 0. The Balaban J connectivity index is 2.46. The van der Waals surface area contributed by atoms with Crippen molar-refractivity contribution < 1.29 is 4.39 Å². The lowest BCUT2D eigenvalue weighted by Gasteiger charge is -2.18. The lowest BCUT2D eigenvalue weighted by atomic mass is 9.97. The highest BCUT2D eigenvalue weighted by molar-refractivity contribution is 9.10. The Bertz CT molecular complexity index is 524. The van der Waals surface area contributed by atoms with Crippen LogP contribution in [-0.4, -0.2) is 7.05 Å². The van der Waals surface area contributed by atoms with Gasteiger partial charge < -0.3 is 5.32 Å². The van der Waals surface area contributed by atoms with E-state index in [0.717, 1.165) is 15.6 Å². The van der Waals surface area contributed by atoms with Gasteiger partial charge >= 0.3 is 0 Å². The molecule has 0 fully saturated rings. The molecule has 0 aliphatic carbocycles. The molecule has 2 aromatic rings. The number of hydrogen-bond acceptors (Lipinski definition) is 2. The molecular weight excluding hydrogens is 301 g/mol. The minimum absolute atomic E-state index is 0.0937. The topological polar surface area (TPSA) is 12.0 Å². The maximum atomic E-state index is 13.1. The summed E-state index contributed by atoms with van der Waals surface area (Å²) in [5.74, 6) is -0.189. The molecule has 1 heterocycles. The van der Waals surface area contributed by atoms with Gasteiger partial charge in [0.25, 0.3) is 0 Å². The lowest BCUT2D eigenvalue weighted by molar-refractivity contribution is 0.621. The molecule has 0 saturated heterocycles. The van der Waals surface area contributed by atoms with Crippen LogP contribution in [0.25, 0.3) is 0 Å². The summed E-state index contributed by atoms with van der Waals surface area (Å²) in [6.07, 6.45) is 0. The Morgan fingerprint density at radius 1 is 1.29 bits per heavy atom. The maximum Gasteiger partial charge on any atom is 0.123 e. The van der Waals surface area contributed by atoms with Gasteiger partial charge in [0.2, 0.25) is 0 Å². The van der Waals surface area contributed by atoms with Crippen LogP contribution in [0.4, 0.5) is 4.39 Å². The van der Waals surface area contributed by atoms with Crippen molar-refractivity contribution in [3.05, 3.63) is 55.9 Å². The predicted molar refractivity (Wildman–Crippen MR) is 74.1 cm³/mol. The molecule has 90 valence electrons. The molecule has 0 bridgehead atoms. The third-order valence-electron chi connectivity index (χ3n) is 2.78. The number of halogens is 2. The maximum absolute atomic E-state index is 13.1. The highest BCUT2D eigenvalue weighted by atomic mass is 79.9. The normalized spacial score (nSPS) is 12.7. The Morgan fingerprint density at radius 3 is 2.59 bits per heavy atom. The van der Waals surface area contributed by atoms with Gasteiger partial charge in [-0.25, -0.2) is 4.39 Å². The van der Waals surface area contributed by atoms with Gasteiger partial charge in [-0.15, -0.1) is 0 Å². The molecular formula is C13H13BrFNS. The molecule has 0 spiro atoms. The number of nitrogens with one attached hydrogen (secondary N) is 1. The quantitative estimate of drug-likeness (QED) is 0.892. The van der Waals surface area contributed by atoms with Crippen molar-refractivity contribution in [2.75, 3.05) is 7.05 Å².